The molecule has 2 heterocycles. The minimum Gasteiger partial charge on any atom is -0.494 e. The monoisotopic (exact) mass is 462 g/mol. The zero-order valence-corrected chi connectivity index (χ0v) is 19.9. The lowest BCUT2D eigenvalue weighted by molar-refractivity contribution is -0.125. The van der Waals surface area contributed by atoms with Crippen LogP contribution in [0.25, 0.3) is 0 Å². The maximum Gasteiger partial charge on any atom is 0.334 e. The van der Waals surface area contributed by atoms with Gasteiger partial charge in [-0.2, -0.15) is 0 Å². The van der Waals surface area contributed by atoms with Crippen LogP contribution in [0.5, 0.6) is 5.88 Å². The number of aromatic nitrogens is 2. The number of nitrogens with zero attached hydrogens (tertiary/aromatic N) is 3. The van der Waals surface area contributed by atoms with Gasteiger partial charge >= 0.3 is 11.7 Å². The number of hydrogen-bond acceptors (Lipinski definition) is 6. The zero-order chi connectivity index (χ0) is 24.9. The van der Waals surface area contributed by atoms with E-state index in [0.717, 1.165) is 9.13 Å². The van der Waals surface area contributed by atoms with Gasteiger partial charge in [-0.15, -0.1) is 0 Å². The summed E-state index contributed by atoms with van der Waals surface area (Å²) in [5.41, 5.74) is 2.60. The van der Waals surface area contributed by atoms with E-state index in [9.17, 15) is 24.3 Å². The molecule has 1 aromatic rings. The van der Waals surface area contributed by atoms with Crippen LogP contribution in [0.4, 0.5) is 4.79 Å². The number of carbonyl (C=O) groups is 2. The van der Waals surface area contributed by atoms with Gasteiger partial charge in [0.15, 0.2) is 0 Å². The molecule has 33 heavy (non-hydrogen) atoms. The summed E-state index contributed by atoms with van der Waals surface area (Å²) in [7, 11) is 0. The standard InChI is InChI=1S/C22H34N6O5/c1-12(2)10-26-16(29)14(15(23)24)17(30)28(20(26)33)13-6-8-22(5,9-7-13)11-27-19(32)25-18(31)21(27,3)4/h12-13,29H,6-11H2,1-5H3,(H3,23,24)(H,25,31,32). The molecule has 0 spiro atoms. The first kappa shape index (κ1) is 24.5. The Kier molecular flexibility index (Phi) is 6.20. The van der Waals surface area contributed by atoms with Gasteiger partial charge in [0, 0.05) is 19.1 Å². The van der Waals surface area contributed by atoms with Crippen molar-refractivity contribution in [1.82, 2.24) is 19.4 Å². The Bertz CT molecular complexity index is 1110. The van der Waals surface area contributed by atoms with E-state index in [0.29, 0.717) is 32.2 Å². The second kappa shape index (κ2) is 8.35. The van der Waals surface area contributed by atoms with Crippen molar-refractivity contribution in [2.75, 3.05) is 6.54 Å². The number of amides is 3. The van der Waals surface area contributed by atoms with Gasteiger partial charge in [-0.25, -0.2) is 9.59 Å². The molecule has 1 aliphatic carbocycles. The zero-order valence-electron chi connectivity index (χ0n) is 19.9. The fraction of sp³-hybridized carbons (Fsp3) is 0.682. The maximum absolute atomic E-state index is 13.2. The number of imide groups is 1. The Hall–Kier alpha value is -3.11. The number of nitrogens with one attached hydrogen (secondary N) is 2. The first-order valence-electron chi connectivity index (χ1n) is 11.3. The van der Waals surface area contributed by atoms with Crippen LogP contribution in [0.2, 0.25) is 0 Å². The van der Waals surface area contributed by atoms with Crippen LogP contribution < -0.4 is 22.3 Å². The number of aromatic hydroxyl groups is 1. The normalized spacial score (nSPS) is 24.9. The highest BCUT2D eigenvalue weighted by Crippen LogP contribution is 2.42. The maximum atomic E-state index is 13.2. The minimum atomic E-state index is -0.939. The van der Waals surface area contributed by atoms with E-state index in [4.69, 9.17) is 11.1 Å². The number of hydrogen-bond donors (Lipinski definition) is 4. The largest absolute Gasteiger partial charge is 0.494 e. The van der Waals surface area contributed by atoms with Crippen LogP contribution in [-0.4, -0.2) is 49.0 Å². The average molecular weight is 463 g/mol. The first-order chi connectivity index (χ1) is 15.2. The van der Waals surface area contributed by atoms with Crippen LogP contribution in [-0.2, 0) is 11.3 Å². The number of rotatable bonds is 6. The van der Waals surface area contributed by atoms with Crippen molar-refractivity contribution in [1.29, 1.82) is 5.41 Å². The van der Waals surface area contributed by atoms with E-state index in [-0.39, 0.29) is 29.3 Å². The topological polar surface area (TPSA) is 164 Å². The molecule has 5 N–H and O–H groups in total. The molecule has 11 nitrogen and oxygen atoms in total. The van der Waals surface area contributed by atoms with Crippen molar-refractivity contribution in [2.45, 2.75) is 78.4 Å². The molecule has 1 aromatic heterocycles. The van der Waals surface area contributed by atoms with Gasteiger partial charge in [0.25, 0.3) is 11.5 Å². The molecule has 182 valence electrons. The molecular weight excluding hydrogens is 428 g/mol. The summed E-state index contributed by atoms with van der Waals surface area (Å²) < 4.78 is 2.23. The van der Waals surface area contributed by atoms with Crippen LogP contribution in [0.3, 0.4) is 0 Å². The molecule has 1 aliphatic heterocycles. The Labute approximate surface area is 192 Å². The van der Waals surface area contributed by atoms with Crippen LogP contribution in [0.15, 0.2) is 9.59 Å². The van der Waals surface area contributed by atoms with Crippen molar-refractivity contribution in [3.8, 4) is 5.88 Å². The molecule has 3 amide bonds. The fourth-order valence-corrected chi connectivity index (χ4v) is 4.81. The summed E-state index contributed by atoms with van der Waals surface area (Å²) in [4.78, 5) is 52.2. The Morgan fingerprint density at radius 3 is 2.21 bits per heavy atom. The SMILES string of the molecule is CC(C)Cn1c(O)c(C(=N)N)c(=O)n(C2CCC(C)(CN3C(=O)NC(=O)C3(C)C)CC2)c1=O. The smallest absolute Gasteiger partial charge is 0.334 e. The predicted octanol–water partition coefficient (Wildman–Crippen LogP) is 1.11. The van der Waals surface area contributed by atoms with Crippen LogP contribution >= 0.6 is 0 Å². The third-order valence-electron chi connectivity index (χ3n) is 6.93. The highest BCUT2D eigenvalue weighted by Gasteiger charge is 2.48. The molecule has 1 saturated carbocycles. The van der Waals surface area contributed by atoms with Gasteiger partial charge in [-0.05, 0) is 50.9 Å². The lowest BCUT2D eigenvalue weighted by Gasteiger charge is -2.42. The van der Waals surface area contributed by atoms with Gasteiger partial charge < -0.3 is 15.7 Å². The predicted molar refractivity (Wildman–Crippen MR) is 122 cm³/mol. The fourth-order valence-electron chi connectivity index (χ4n) is 4.81. The second-order valence-electron chi connectivity index (χ2n) is 10.5. The van der Waals surface area contributed by atoms with Gasteiger partial charge in [0.1, 0.15) is 16.9 Å². The summed E-state index contributed by atoms with van der Waals surface area (Å²) in [6, 6.07) is -0.831. The third-order valence-corrected chi connectivity index (χ3v) is 6.93. The molecule has 0 aromatic carbocycles. The quantitative estimate of drug-likeness (QED) is 0.281. The van der Waals surface area contributed by atoms with Crippen LogP contribution in [0, 0.1) is 16.7 Å². The Morgan fingerprint density at radius 1 is 1.18 bits per heavy atom. The number of carbonyl (C=O) groups excluding carboxylic acids is 2. The van der Waals surface area contributed by atoms with Gasteiger partial charge in [-0.1, -0.05) is 20.8 Å². The van der Waals surface area contributed by atoms with Crippen molar-refractivity contribution < 1.29 is 14.7 Å². The van der Waals surface area contributed by atoms with E-state index in [2.05, 4.69) is 5.32 Å². The summed E-state index contributed by atoms with van der Waals surface area (Å²) in [5.74, 6) is -1.47. The lowest BCUT2D eigenvalue weighted by Crippen LogP contribution is -2.50. The Balaban J connectivity index is 1.90. The van der Waals surface area contributed by atoms with Crippen LogP contribution in [0.1, 0.15) is 71.9 Å². The molecule has 3 rings (SSSR count). The molecule has 11 heteroatoms. The van der Waals surface area contributed by atoms with Crippen molar-refractivity contribution in [2.24, 2.45) is 17.1 Å². The van der Waals surface area contributed by atoms with E-state index >= 15 is 0 Å². The summed E-state index contributed by atoms with van der Waals surface area (Å²) in [5, 5.41) is 20.6. The molecule has 0 unspecified atom stereocenters. The summed E-state index contributed by atoms with van der Waals surface area (Å²) in [6.45, 7) is 9.77. The molecular formula is C22H34N6O5. The highest BCUT2D eigenvalue weighted by molar-refractivity contribution is 6.06. The molecule has 2 fully saturated rings. The van der Waals surface area contributed by atoms with E-state index in [1.165, 1.54) is 0 Å². The Morgan fingerprint density at radius 2 is 1.76 bits per heavy atom. The number of nitrogen functional groups attached to an aromatic ring is 1. The summed E-state index contributed by atoms with van der Waals surface area (Å²) >= 11 is 0. The molecule has 1 saturated heterocycles. The van der Waals surface area contributed by atoms with Crippen molar-refractivity contribution in [3.05, 3.63) is 26.4 Å². The molecule has 0 atom stereocenters. The number of urea groups is 1. The first-order valence-corrected chi connectivity index (χ1v) is 11.3. The van der Waals surface area contributed by atoms with Gasteiger partial charge in [0.2, 0.25) is 5.88 Å². The van der Waals surface area contributed by atoms with E-state index in [1.807, 2.05) is 20.8 Å². The summed E-state index contributed by atoms with van der Waals surface area (Å²) in [6.07, 6.45) is 2.24. The molecule has 2 aliphatic rings. The van der Waals surface area contributed by atoms with Crippen molar-refractivity contribution in [3.63, 3.8) is 0 Å². The highest BCUT2D eigenvalue weighted by atomic mass is 16.3. The minimum absolute atomic E-state index is 0.0201. The molecule has 0 bridgehead atoms. The number of nitrogens with two attached hydrogens (primary N) is 1. The van der Waals surface area contributed by atoms with Gasteiger partial charge in [-0.3, -0.25) is 29.4 Å². The van der Waals surface area contributed by atoms with E-state index in [1.54, 1.807) is 18.7 Å². The lowest BCUT2D eigenvalue weighted by atomic mass is 9.73. The van der Waals surface area contributed by atoms with Crippen molar-refractivity contribution >= 4 is 17.8 Å². The van der Waals surface area contributed by atoms with E-state index < -0.39 is 40.6 Å². The third kappa shape index (κ3) is 4.28. The van der Waals surface area contributed by atoms with Gasteiger partial charge in [0.05, 0.1) is 0 Å². The molecule has 0 radical (unpaired) electrons. The number of amidine groups is 1. The second-order valence-corrected chi connectivity index (χ2v) is 10.5. The average Bonchev–Trinajstić information content (AvgIpc) is 2.88.